The number of nitrogens with zero attached hydrogens (tertiary/aromatic N) is 2. The molecular weight excluding hydrogens is 266 g/mol. The van der Waals surface area contributed by atoms with E-state index < -0.39 is 11.4 Å². The van der Waals surface area contributed by atoms with Gasteiger partial charge in [0, 0.05) is 6.20 Å². The Morgan fingerprint density at radius 3 is 2.93 bits per heavy atom. The van der Waals surface area contributed by atoms with Gasteiger partial charge in [0.25, 0.3) is 0 Å². The van der Waals surface area contributed by atoms with Crippen LogP contribution in [0.4, 0.5) is 0 Å². The number of aromatic amines is 1. The quantitative estimate of drug-likeness (QED) is 0.746. The van der Waals surface area contributed by atoms with Crippen LogP contribution in [0.15, 0.2) is 21.9 Å². The van der Waals surface area contributed by atoms with Crippen molar-refractivity contribution in [1.82, 2.24) is 15.0 Å². The molecule has 0 radical (unpaired) electrons. The number of fused-ring (bicyclic) bond motifs is 1. The number of H-pyrrole nitrogens is 1. The summed E-state index contributed by atoms with van der Waals surface area (Å²) in [5.74, 6) is -1.28. The molecule has 2 aromatic heterocycles. The van der Waals surface area contributed by atoms with Gasteiger partial charge < -0.3 is 10.1 Å². The number of aromatic nitrogens is 3. The highest BCUT2D eigenvalue weighted by Gasteiger charge is 2.12. The highest BCUT2D eigenvalue weighted by atomic mass is 79.9. The number of hydrogen-bond donors (Lipinski definition) is 2. The molecule has 2 aromatic rings. The van der Waals surface area contributed by atoms with Crippen LogP contribution < -0.4 is 5.43 Å². The number of carboxylic acid groups (broad SMARTS) is 1. The fraction of sp³-hybridized carbons (Fsp3) is 0. The number of carbonyl (C=O) groups is 1. The second kappa shape index (κ2) is 3.43. The van der Waals surface area contributed by atoms with E-state index in [1.165, 1.54) is 6.20 Å². The lowest BCUT2D eigenvalue weighted by Gasteiger charge is -1.98. The average Bonchev–Trinajstić information content (AvgIpc) is 2.19. The van der Waals surface area contributed by atoms with Crippen LogP contribution in [0, 0.1) is 0 Å². The normalized spacial score (nSPS) is 10.5. The van der Waals surface area contributed by atoms with Crippen molar-refractivity contribution in [3.63, 3.8) is 0 Å². The molecule has 6 nitrogen and oxygen atoms in total. The zero-order valence-electron chi connectivity index (χ0n) is 7.19. The Labute approximate surface area is 91.1 Å². The van der Waals surface area contributed by atoms with Gasteiger partial charge in [-0.2, -0.15) is 0 Å². The molecular formula is C8H4BrN3O3. The topological polar surface area (TPSA) is 95.9 Å². The predicted molar refractivity (Wildman–Crippen MR) is 54.8 cm³/mol. The van der Waals surface area contributed by atoms with Gasteiger partial charge in [-0.25, -0.2) is 14.8 Å². The maximum Gasteiger partial charge on any atom is 0.341 e. The average molecular weight is 270 g/mol. The third-order valence-electron chi connectivity index (χ3n) is 1.82. The summed E-state index contributed by atoms with van der Waals surface area (Å²) in [7, 11) is 0. The van der Waals surface area contributed by atoms with Gasteiger partial charge in [-0.3, -0.25) is 4.79 Å². The molecule has 0 amide bonds. The fourth-order valence-corrected chi connectivity index (χ4v) is 1.42. The van der Waals surface area contributed by atoms with E-state index in [1.807, 2.05) is 0 Å². The molecule has 0 spiro atoms. The van der Waals surface area contributed by atoms with Gasteiger partial charge in [0.2, 0.25) is 5.43 Å². The first-order valence-electron chi connectivity index (χ1n) is 3.87. The molecule has 2 N–H and O–H groups in total. The smallest absolute Gasteiger partial charge is 0.341 e. The summed E-state index contributed by atoms with van der Waals surface area (Å²) in [4.78, 5) is 32.6. The van der Waals surface area contributed by atoms with Crippen LogP contribution in [0.5, 0.6) is 0 Å². The Morgan fingerprint density at radius 2 is 2.27 bits per heavy atom. The molecule has 0 aromatic carbocycles. The van der Waals surface area contributed by atoms with E-state index in [1.54, 1.807) is 0 Å². The second-order valence-electron chi connectivity index (χ2n) is 2.74. The van der Waals surface area contributed by atoms with Gasteiger partial charge in [0.15, 0.2) is 4.73 Å². The van der Waals surface area contributed by atoms with Crippen molar-refractivity contribution in [2.24, 2.45) is 0 Å². The van der Waals surface area contributed by atoms with Crippen LogP contribution in [0.1, 0.15) is 10.4 Å². The van der Waals surface area contributed by atoms with Crippen molar-refractivity contribution in [3.8, 4) is 0 Å². The molecule has 76 valence electrons. The Hall–Kier alpha value is -1.76. The minimum absolute atomic E-state index is 0.0526. The van der Waals surface area contributed by atoms with E-state index in [0.29, 0.717) is 5.52 Å². The zero-order valence-corrected chi connectivity index (χ0v) is 8.78. The number of nitrogens with one attached hydrogen (secondary N) is 1. The van der Waals surface area contributed by atoms with Crippen molar-refractivity contribution in [3.05, 3.63) is 32.9 Å². The van der Waals surface area contributed by atoms with Gasteiger partial charge in [-0.1, -0.05) is 0 Å². The number of halogens is 1. The SMILES string of the molecule is O=C(O)c1c[nH]c2cnc(Br)nc2c1=O. The number of hydrogen-bond acceptors (Lipinski definition) is 4. The van der Waals surface area contributed by atoms with E-state index in [-0.39, 0.29) is 15.8 Å². The Balaban J connectivity index is 2.89. The van der Waals surface area contributed by atoms with E-state index in [0.717, 1.165) is 6.20 Å². The third-order valence-corrected chi connectivity index (χ3v) is 2.20. The first kappa shape index (κ1) is 9.78. The van der Waals surface area contributed by atoms with Crippen molar-refractivity contribution < 1.29 is 9.90 Å². The summed E-state index contributed by atoms with van der Waals surface area (Å²) in [6.45, 7) is 0. The lowest BCUT2D eigenvalue weighted by atomic mass is 10.2. The number of rotatable bonds is 1. The van der Waals surface area contributed by atoms with Gasteiger partial charge in [-0.15, -0.1) is 0 Å². The van der Waals surface area contributed by atoms with E-state index >= 15 is 0 Å². The minimum atomic E-state index is -1.28. The van der Waals surface area contributed by atoms with Crippen molar-refractivity contribution >= 4 is 32.9 Å². The maximum absolute atomic E-state index is 11.6. The monoisotopic (exact) mass is 269 g/mol. The molecule has 0 saturated heterocycles. The van der Waals surface area contributed by atoms with Gasteiger partial charge >= 0.3 is 5.97 Å². The van der Waals surface area contributed by atoms with E-state index in [9.17, 15) is 9.59 Å². The second-order valence-corrected chi connectivity index (χ2v) is 3.45. The molecule has 0 bridgehead atoms. The highest BCUT2D eigenvalue weighted by molar-refractivity contribution is 9.10. The molecule has 0 atom stereocenters. The van der Waals surface area contributed by atoms with Crippen LogP contribution >= 0.6 is 15.9 Å². The third kappa shape index (κ3) is 1.61. The van der Waals surface area contributed by atoms with Gasteiger partial charge in [0.05, 0.1) is 11.7 Å². The number of carboxylic acids is 1. The molecule has 2 rings (SSSR count). The minimum Gasteiger partial charge on any atom is -0.477 e. The summed E-state index contributed by atoms with van der Waals surface area (Å²) in [5, 5.41) is 8.72. The molecule has 7 heteroatoms. The lowest BCUT2D eigenvalue weighted by molar-refractivity contribution is 0.0695. The molecule has 2 heterocycles. The van der Waals surface area contributed by atoms with E-state index in [4.69, 9.17) is 5.11 Å². The van der Waals surface area contributed by atoms with Crippen LogP contribution in [0.2, 0.25) is 0 Å². The molecule has 0 aliphatic carbocycles. The summed E-state index contributed by atoms with van der Waals surface area (Å²) >= 11 is 3.01. The van der Waals surface area contributed by atoms with Gasteiger partial charge in [0.1, 0.15) is 11.1 Å². The molecule has 15 heavy (non-hydrogen) atoms. The predicted octanol–water partition coefficient (Wildman–Crippen LogP) is 0.779. The van der Waals surface area contributed by atoms with Crippen LogP contribution in [0.25, 0.3) is 11.0 Å². The van der Waals surface area contributed by atoms with Crippen molar-refractivity contribution in [2.75, 3.05) is 0 Å². The standard InChI is InChI=1S/C8H4BrN3O3/c9-8-11-2-4-5(12-8)6(13)3(1-10-4)7(14)15/h1-2H,(H,10,13)(H,14,15). The first-order valence-corrected chi connectivity index (χ1v) is 4.66. The van der Waals surface area contributed by atoms with Crippen molar-refractivity contribution in [1.29, 1.82) is 0 Å². The fourth-order valence-electron chi connectivity index (χ4n) is 1.14. The molecule has 0 fully saturated rings. The summed E-state index contributed by atoms with van der Waals surface area (Å²) in [5.41, 5.74) is -0.516. The number of pyridine rings is 1. The van der Waals surface area contributed by atoms with Crippen molar-refractivity contribution in [2.45, 2.75) is 0 Å². The van der Waals surface area contributed by atoms with E-state index in [2.05, 4.69) is 30.9 Å². The summed E-state index contributed by atoms with van der Waals surface area (Å²) < 4.78 is 0.239. The molecule has 0 aliphatic rings. The molecule has 0 aliphatic heterocycles. The Bertz CT molecular complexity index is 608. The zero-order chi connectivity index (χ0) is 11.0. The molecule has 0 unspecified atom stereocenters. The largest absolute Gasteiger partial charge is 0.477 e. The van der Waals surface area contributed by atoms with Crippen LogP contribution in [-0.2, 0) is 0 Å². The van der Waals surface area contributed by atoms with Crippen LogP contribution in [-0.4, -0.2) is 26.0 Å². The maximum atomic E-state index is 11.6. The number of aromatic carboxylic acids is 1. The highest BCUT2D eigenvalue weighted by Crippen LogP contribution is 2.07. The Kier molecular flexibility index (Phi) is 2.24. The molecule has 0 saturated carbocycles. The van der Waals surface area contributed by atoms with Gasteiger partial charge in [-0.05, 0) is 15.9 Å². The summed E-state index contributed by atoms with van der Waals surface area (Å²) in [6.07, 6.45) is 2.53. The first-order chi connectivity index (χ1) is 7.09. The lowest BCUT2D eigenvalue weighted by Crippen LogP contribution is -2.16. The Morgan fingerprint density at radius 1 is 1.53 bits per heavy atom. The summed E-state index contributed by atoms with van der Waals surface area (Å²) in [6, 6.07) is 0. The van der Waals surface area contributed by atoms with Crippen LogP contribution in [0.3, 0.4) is 0 Å².